The molecular weight excluding hydrogens is 228 g/mol. The first-order chi connectivity index (χ1) is 5.93. The van der Waals surface area contributed by atoms with Gasteiger partial charge in [-0.1, -0.05) is 44.9 Å². The third-order valence-electron chi connectivity index (χ3n) is 2.84. The van der Waals surface area contributed by atoms with Crippen molar-refractivity contribution in [3.8, 4) is 0 Å². The molecule has 0 atom stereocenters. The molecule has 0 radical (unpaired) electrons. The average molecular weight is 254 g/mol. The molecule has 0 saturated heterocycles. The molecule has 2 aliphatic carbocycles. The van der Waals surface area contributed by atoms with Gasteiger partial charge >= 0.3 is 17.1 Å². The fourth-order valence-corrected chi connectivity index (χ4v) is 1.98. The molecule has 2 heteroatoms. The smallest absolute Gasteiger partial charge is 0.358 e. The maximum atomic E-state index is 10.0. The van der Waals surface area contributed by atoms with E-state index in [0.29, 0.717) is 5.92 Å². The fourth-order valence-electron chi connectivity index (χ4n) is 1.98. The van der Waals surface area contributed by atoms with Crippen LogP contribution in [-0.2, 0) is 21.9 Å². The average Bonchev–Trinajstić information content (AvgIpc) is 2.81. The third-order valence-corrected chi connectivity index (χ3v) is 2.84. The standard InChI is InChI=1S/C6H10O.C5H10.2CH3.Fe/c7-5-6-3-1-2-4-6;1-2-4-5-3-1;;;/h5-6H,1-4H2;1-5H2;2*1H3;/q;;2*-1;+2. The Labute approximate surface area is 107 Å². The Morgan fingerprint density at radius 2 is 1.07 bits per heavy atom. The van der Waals surface area contributed by atoms with Crippen molar-refractivity contribution in [2.75, 3.05) is 0 Å². The zero-order valence-corrected chi connectivity index (χ0v) is 11.4. The largest absolute Gasteiger partial charge is 2.00 e. The van der Waals surface area contributed by atoms with Crippen molar-refractivity contribution in [2.45, 2.75) is 57.8 Å². The van der Waals surface area contributed by atoms with E-state index < -0.39 is 0 Å². The molecule has 2 aliphatic rings. The van der Waals surface area contributed by atoms with Crippen LogP contribution in [0.3, 0.4) is 0 Å². The second-order valence-corrected chi connectivity index (χ2v) is 3.95. The van der Waals surface area contributed by atoms with E-state index in [9.17, 15) is 4.79 Å². The minimum atomic E-state index is 0. The predicted molar refractivity (Wildman–Crippen MR) is 63.9 cm³/mol. The van der Waals surface area contributed by atoms with E-state index in [-0.39, 0.29) is 31.9 Å². The summed E-state index contributed by atoms with van der Waals surface area (Å²) in [5, 5.41) is 0. The minimum Gasteiger partial charge on any atom is -0.358 e. The van der Waals surface area contributed by atoms with E-state index in [1.807, 2.05) is 0 Å². The van der Waals surface area contributed by atoms with Crippen LogP contribution in [0.5, 0.6) is 0 Å². The van der Waals surface area contributed by atoms with Crippen molar-refractivity contribution in [3.63, 3.8) is 0 Å². The van der Waals surface area contributed by atoms with Gasteiger partial charge in [0.15, 0.2) is 0 Å². The fraction of sp³-hybridized carbons (Fsp3) is 0.769. The van der Waals surface area contributed by atoms with E-state index in [4.69, 9.17) is 0 Å². The number of aldehydes is 1. The van der Waals surface area contributed by atoms with E-state index in [0.717, 1.165) is 19.1 Å². The van der Waals surface area contributed by atoms with Crippen molar-refractivity contribution in [1.82, 2.24) is 0 Å². The molecule has 0 amide bonds. The van der Waals surface area contributed by atoms with Crippen LogP contribution < -0.4 is 0 Å². The van der Waals surface area contributed by atoms with Gasteiger partial charge in [-0.25, -0.2) is 0 Å². The van der Waals surface area contributed by atoms with E-state index in [1.54, 1.807) is 0 Å². The second kappa shape index (κ2) is 14.2. The van der Waals surface area contributed by atoms with Gasteiger partial charge in [0.1, 0.15) is 6.29 Å². The van der Waals surface area contributed by atoms with Crippen LogP contribution in [-0.4, -0.2) is 6.29 Å². The molecule has 0 spiro atoms. The summed E-state index contributed by atoms with van der Waals surface area (Å²) >= 11 is 0. The Bertz CT molecular complexity index is 108. The Hall–Kier alpha value is 0.189. The molecular formula is C13H26FeO. The molecule has 0 aromatic rings. The molecule has 2 saturated carbocycles. The van der Waals surface area contributed by atoms with Gasteiger partial charge < -0.3 is 19.6 Å². The van der Waals surface area contributed by atoms with Crippen molar-refractivity contribution in [2.24, 2.45) is 5.92 Å². The number of rotatable bonds is 1. The van der Waals surface area contributed by atoms with Crippen molar-refractivity contribution >= 4 is 6.29 Å². The Kier molecular flexibility index (Phi) is 19.5. The molecule has 0 aliphatic heterocycles. The molecule has 0 aromatic carbocycles. The van der Waals surface area contributed by atoms with E-state index >= 15 is 0 Å². The van der Waals surface area contributed by atoms with Crippen LogP contribution in [0.15, 0.2) is 0 Å². The van der Waals surface area contributed by atoms with Crippen LogP contribution in [0.1, 0.15) is 57.8 Å². The summed E-state index contributed by atoms with van der Waals surface area (Å²) in [5.41, 5.74) is 0. The Balaban J connectivity index is -0.000000165. The van der Waals surface area contributed by atoms with Crippen LogP contribution in [0.25, 0.3) is 0 Å². The third kappa shape index (κ3) is 10.5. The van der Waals surface area contributed by atoms with Crippen LogP contribution in [0.2, 0.25) is 0 Å². The van der Waals surface area contributed by atoms with Crippen LogP contribution in [0, 0.1) is 20.8 Å². The van der Waals surface area contributed by atoms with Gasteiger partial charge in [-0.3, -0.25) is 0 Å². The summed E-state index contributed by atoms with van der Waals surface area (Å²) in [7, 11) is 0. The monoisotopic (exact) mass is 254 g/mol. The van der Waals surface area contributed by atoms with Gasteiger partial charge in [-0.05, 0) is 12.8 Å². The molecule has 2 fully saturated rings. The Morgan fingerprint density at radius 3 is 1.27 bits per heavy atom. The summed E-state index contributed by atoms with van der Waals surface area (Å²) in [6, 6.07) is 0. The van der Waals surface area contributed by atoms with Crippen molar-refractivity contribution in [3.05, 3.63) is 14.9 Å². The van der Waals surface area contributed by atoms with Gasteiger partial charge in [0, 0.05) is 5.92 Å². The summed E-state index contributed by atoms with van der Waals surface area (Å²) < 4.78 is 0. The van der Waals surface area contributed by atoms with Crippen LogP contribution in [0.4, 0.5) is 0 Å². The first-order valence-corrected chi connectivity index (χ1v) is 5.39. The molecule has 0 bridgehead atoms. The molecule has 15 heavy (non-hydrogen) atoms. The van der Waals surface area contributed by atoms with Crippen molar-refractivity contribution in [1.29, 1.82) is 0 Å². The predicted octanol–water partition coefficient (Wildman–Crippen LogP) is 4.22. The number of carbonyl (C=O) groups is 1. The topological polar surface area (TPSA) is 17.1 Å². The molecule has 0 aromatic heterocycles. The SMILES string of the molecule is C1CCCC1.O=CC1CCCC1.[CH3-].[CH3-].[Fe+2]. The second-order valence-electron chi connectivity index (χ2n) is 3.95. The summed E-state index contributed by atoms with van der Waals surface area (Å²) in [4.78, 5) is 10.0. The van der Waals surface area contributed by atoms with Gasteiger partial charge in [-0.15, -0.1) is 0 Å². The summed E-state index contributed by atoms with van der Waals surface area (Å²) in [6.07, 6.45) is 13.4. The quantitative estimate of drug-likeness (QED) is 0.389. The molecule has 92 valence electrons. The van der Waals surface area contributed by atoms with Crippen molar-refractivity contribution < 1.29 is 21.9 Å². The van der Waals surface area contributed by atoms with Gasteiger partial charge in [0.2, 0.25) is 0 Å². The first-order valence-electron chi connectivity index (χ1n) is 5.39. The summed E-state index contributed by atoms with van der Waals surface area (Å²) in [5.74, 6) is 0.417. The van der Waals surface area contributed by atoms with Gasteiger partial charge in [-0.2, -0.15) is 0 Å². The van der Waals surface area contributed by atoms with Gasteiger partial charge in [0.05, 0.1) is 0 Å². The summed E-state index contributed by atoms with van der Waals surface area (Å²) in [6.45, 7) is 0. The molecule has 0 N–H and O–H groups in total. The molecule has 2 rings (SSSR count). The maximum absolute atomic E-state index is 10.0. The number of carbonyl (C=O) groups excluding carboxylic acids is 1. The minimum absolute atomic E-state index is 0. The molecule has 1 nitrogen and oxygen atoms in total. The zero-order chi connectivity index (χ0) is 8.65. The first kappa shape index (κ1) is 20.6. The number of hydrogen-bond acceptors (Lipinski definition) is 1. The number of hydrogen-bond donors (Lipinski definition) is 0. The molecule has 0 heterocycles. The Morgan fingerprint density at radius 1 is 0.733 bits per heavy atom. The normalized spacial score (nSPS) is 18.7. The molecule has 0 unspecified atom stereocenters. The van der Waals surface area contributed by atoms with E-state index in [1.165, 1.54) is 44.9 Å². The maximum Gasteiger partial charge on any atom is 2.00 e. The zero-order valence-electron chi connectivity index (χ0n) is 10.3. The van der Waals surface area contributed by atoms with Gasteiger partial charge in [0.25, 0.3) is 0 Å². The van der Waals surface area contributed by atoms with E-state index in [2.05, 4.69) is 0 Å². The van der Waals surface area contributed by atoms with Crippen LogP contribution >= 0.6 is 0 Å².